The van der Waals surface area contributed by atoms with E-state index in [1.54, 1.807) is 18.2 Å². The number of rotatable bonds is 4. The van der Waals surface area contributed by atoms with Crippen LogP contribution in [0.4, 0.5) is 10.1 Å². The van der Waals surface area contributed by atoms with Crippen molar-refractivity contribution in [2.75, 3.05) is 0 Å². The van der Waals surface area contributed by atoms with E-state index < -0.39 is 16.4 Å². The first kappa shape index (κ1) is 14.4. The SMILES string of the molecule is O=[N+]([O-])c1ccc(Oc2ccc(CO)c(Br)c2)cc1F. The molecule has 2 aromatic rings. The lowest BCUT2D eigenvalue weighted by atomic mass is 10.2. The topological polar surface area (TPSA) is 72.6 Å². The smallest absolute Gasteiger partial charge is 0.305 e. The highest BCUT2D eigenvalue weighted by molar-refractivity contribution is 9.10. The Morgan fingerprint density at radius 1 is 1.25 bits per heavy atom. The molecular formula is C13H9BrFNO4. The monoisotopic (exact) mass is 341 g/mol. The first-order valence-corrected chi connectivity index (χ1v) is 6.31. The maximum Gasteiger partial charge on any atom is 0.305 e. The molecule has 0 amide bonds. The van der Waals surface area contributed by atoms with Crippen molar-refractivity contribution in [2.45, 2.75) is 6.61 Å². The first-order valence-electron chi connectivity index (χ1n) is 5.52. The molecule has 0 bridgehead atoms. The summed E-state index contributed by atoms with van der Waals surface area (Å²) in [6.07, 6.45) is 0. The minimum atomic E-state index is -0.960. The van der Waals surface area contributed by atoms with Crippen molar-refractivity contribution in [3.05, 3.63) is 62.4 Å². The summed E-state index contributed by atoms with van der Waals surface area (Å²) in [5.74, 6) is -0.391. The normalized spacial score (nSPS) is 10.3. The van der Waals surface area contributed by atoms with Crippen LogP contribution >= 0.6 is 15.9 Å². The lowest BCUT2D eigenvalue weighted by Gasteiger charge is -2.08. The lowest BCUT2D eigenvalue weighted by Crippen LogP contribution is -1.93. The van der Waals surface area contributed by atoms with E-state index in [-0.39, 0.29) is 12.4 Å². The van der Waals surface area contributed by atoms with Crippen LogP contribution in [0.25, 0.3) is 0 Å². The second-order valence-corrected chi connectivity index (χ2v) is 4.74. The summed E-state index contributed by atoms with van der Waals surface area (Å²) >= 11 is 3.26. The molecule has 0 fully saturated rings. The molecule has 2 aromatic carbocycles. The Morgan fingerprint density at radius 2 is 1.90 bits per heavy atom. The van der Waals surface area contributed by atoms with E-state index in [1.165, 1.54) is 6.07 Å². The number of aliphatic hydroxyl groups is 1. The molecular weight excluding hydrogens is 333 g/mol. The van der Waals surface area contributed by atoms with Gasteiger partial charge in [-0.3, -0.25) is 10.1 Å². The molecule has 104 valence electrons. The molecule has 2 rings (SSSR count). The fraction of sp³-hybridized carbons (Fsp3) is 0.0769. The fourth-order valence-corrected chi connectivity index (χ4v) is 2.04. The number of nitrogens with zero attached hydrogens (tertiary/aromatic N) is 1. The molecule has 0 saturated heterocycles. The van der Waals surface area contributed by atoms with Crippen LogP contribution in [0, 0.1) is 15.9 Å². The van der Waals surface area contributed by atoms with Crippen molar-refractivity contribution in [1.29, 1.82) is 0 Å². The number of benzene rings is 2. The number of hydrogen-bond donors (Lipinski definition) is 1. The number of nitro groups is 1. The number of halogens is 2. The van der Waals surface area contributed by atoms with E-state index in [0.717, 1.165) is 12.1 Å². The van der Waals surface area contributed by atoms with Gasteiger partial charge in [-0.15, -0.1) is 0 Å². The van der Waals surface area contributed by atoms with Crippen molar-refractivity contribution in [1.82, 2.24) is 0 Å². The maximum absolute atomic E-state index is 13.4. The van der Waals surface area contributed by atoms with Crippen molar-refractivity contribution in [3.8, 4) is 11.5 Å². The molecule has 0 atom stereocenters. The van der Waals surface area contributed by atoms with Gasteiger partial charge in [0.2, 0.25) is 5.82 Å². The van der Waals surface area contributed by atoms with E-state index in [2.05, 4.69) is 15.9 Å². The molecule has 0 spiro atoms. The lowest BCUT2D eigenvalue weighted by molar-refractivity contribution is -0.387. The highest BCUT2D eigenvalue weighted by Gasteiger charge is 2.14. The van der Waals surface area contributed by atoms with Crippen LogP contribution in [-0.2, 0) is 6.61 Å². The average Bonchev–Trinajstić information content (AvgIpc) is 2.38. The summed E-state index contributed by atoms with van der Waals surface area (Å²) in [5.41, 5.74) is 0.0846. The van der Waals surface area contributed by atoms with Gasteiger partial charge in [0.25, 0.3) is 0 Å². The molecule has 5 nitrogen and oxygen atoms in total. The predicted octanol–water partition coefficient (Wildman–Crippen LogP) is 3.78. The quantitative estimate of drug-likeness (QED) is 0.678. The highest BCUT2D eigenvalue weighted by atomic mass is 79.9. The molecule has 0 unspecified atom stereocenters. The Hall–Kier alpha value is -1.99. The second kappa shape index (κ2) is 5.98. The predicted molar refractivity (Wildman–Crippen MR) is 73.2 cm³/mol. The van der Waals surface area contributed by atoms with Crippen molar-refractivity contribution >= 4 is 21.6 Å². The summed E-state index contributed by atoms with van der Waals surface area (Å²) in [6, 6.07) is 8.19. The van der Waals surface area contributed by atoms with Crippen molar-refractivity contribution < 1.29 is 19.2 Å². The summed E-state index contributed by atoms with van der Waals surface area (Å²) in [6.45, 7) is -0.118. The molecule has 0 aromatic heterocycles. The van der Waals surface area contributed by atoms with E-state index >= 15 is 0 Å². The summed E-state index contributed by atoms with van der Waals surface area (Å²) in [4.78, 5) is 9.70. The van der Waals surface area contributed by atoms with Gasteiger partial charge >= 0.3 is 5.69 Å². The van der Waals surface area contributed by atoms with E-state index in [4.69, 9.17) is 9.84 Å². The van der Waals surface area contributed by atoms with E-state index in [0.29, 0.717) is 15.8 Å². The third-order valence-electron chi connectivity index (χ3n) is 2.55. The maximum atomic E-state index is 13.4. The zero-order valence-electron chi connectivity index (χ0n) is 10.0. The van der Waals surface area contributed by atoms with Crippen LogP contribution in [0.1, 0.15) is 5.56 Å². The molecule has 0 aliphatic heterocycles. The van der Waals surface area contributed by atoms with Crippen LogP contribution < -0.4 is 4.74 Å². The molecule has 0 heterocycles. The van der Waals surface area contributed by atoms with Gasteiger partial charge in [-0.2, -0.15) is 4.39 Å². The molecule has 20 heavy (non-hydrogen) atoms. The second-order valence-electron chi connectivity index (χ2n) is 3.88. The Morgan fingerprint density at radius 3 is 2.45 bits per heavy atom. The third kappa shape index (κ3) is 3.12. The zero-order valence-corrected chi connectivity index (χ0v) is 11.6. The van der Waals surface area contributed by atoms with E-state index in [9.17, 15) is 14.5 Å². The number of aliphatic hydroxyl groups excluding tert-OH is 1. The van der Waals surface area contributed by atoms with Crippen LogP contribution in [0.15, 0.2) is 40.9 Å². The van der Waals surface area contributed by atoms with E-state index in [1.807, 2.05) is 0 Å². The van der Waals surface area contributed by atoms with Crippen LogP contribution in [0.2, 0.25) is 0 Å². The highest BCUT2D eigenvalue weighted by Crippen LogP contribution is 2.29. The largest absolute Gasteiger partial charge is 0.457 e. The minimum Gasteiger partial charge on any atom is -0.457 e. The van der Waals surface area contributed by atoms with Crippen molar-refractivity contribution in [2.24, 2.45) is 0 Å². The average molecular weight is 342 g/mol. The Labute approximate surface area is 121 Å². The van der Waals surface area contributed by atoms with Gasteiger partial charge in [0.15, 0.2) is 0 Å². The fourth-order valence-electron chi connectivity index (χ4n) is 1.56. The van der Waals surface area contributed by atoms with Gasteiger partial charge < -0.3 is 9.84 Å². The third-order valence-corrected chi connectivity index (χ3v) is 3.28. The Bertz CT molecular complexity index is 663. The molecule has 0 radical (unpaired) electrons. The summed E-state index contributed by atoms with van der Waals surface area (Å²) < 4.78 is 19.5. The van der Waals surface area contributed by atoms with Crippen molar-refractivity contribution in [3.63, 3.8) is 0 Å². The van der Waals surface area contributed by atoms with Gasteiger partial charge in [0.05, 0.1) is 11.5 Å². The molecule has 7 heteroatoms. The number of hydrogen-bond acceptors (Lipinski definition) is 4. The molecule has 0 aliphatic rings. The molecule has 0 aliphatic carbocycles. The van der Waals surface area contributed by atoms with Gasteiger partial charge in [0, 0.05) is 16.6 Å². The first-order chi connectivity index (χ1) is 9.51. The Balaban J connectivity index is 2.24. The van der Waals surface area contributed by atoms with Gasteiger partial charge in [0.1, 0.15) is 11.5 Å². The zero-order chi connectivity index (χ0) is 14.7. The minimum absolute atomic E-state index is 0.118. The van der Waals surface area contributed by atoms with Gasteiger partial charge in [-0.1, -0.05) is 22.0 Å². The summed E-state index contributed by atoms with van der Waals surface area (Å²) in [7, 11) is 0. The van der Waals surface area contributed by atoms with Gasteiger partial charge in [-0.25, -0.2) is 0 Å². The van der Waals surface area contributed by atoms with Crippen LogP contribution in [0.5, 0.6) is 11.5 Å². The number of nitro benzene ring substituents is 1. The number of ether oxygens (including phenoxy) is 1. The molecule has 0 saturated carbocycles. The standard InChI is InChI=1S/C13H9BrFNO4/c14-11-5-9(2-1-8(11)7-17)20-10-3-4-13(16(18)19)12(15)6-10/h1-6,17H,7H2. The molecule has 1 N–H and O–H groups in total. The van der Waals surface area contributed by atoms with Gasteiger partial charge in [-0.05, 0) is 23.8 Å². The van der Waals surface area contributed by atoms with Crippen LogP contribution in [0.3, 0.4) is 0 Å². The van der Waals surface area contributed by atoms with Crippen LogP contribution in [-0.4, -0.2) is 10.0 Å². The Kier molecular flexibility index (Phi) is 4.31. The summed E-state index contributed by atoms with van der Waals surface area (Å²) in [5, 5.41) is 19.5.